The van der Waals surface area contributed by atoms with E-state index in [0.717, 1.165) is 24.2 Å². The Morgan fingerprint density at radius 2 is 2.29 bits per heavy atom. The second-order valence-corrected chi connectivity index (χ2v) is 5.52. The van der Waals surface area contributed by atoms with E-state index in [9.17, 15) is 9.18 Å². The number of anilines is 1. The number of nitrogens with one attached hydrogen (secondary N) is 1. The number of halogens is 1. The monoisotopic (exact) mass is 295 g/mol. The van der Waals surface area contributed by atoms with Gasteiger partial charge in [-0.3, -0.25) is 0 Å². The van der Waals surface area contributed by atoms with Gasteiger partial charge < -0.3 is 20.7 Å². The Balaban J connectivity index is 2.19. The second kappa shape index (κ2) is 6.30. The van der Waals surface area contributed by atoms with E-state index in [0.29, 0.717) is 12.1 Å². The lowest BCUT2D eigenvalue weighted by molar-refractivity contribution is 0.167. The predicted octanol–water partition coefficient (Wildman–Crippen LogP) is 2.09. The maximum atomic E-state index is 13.8. The van der Waals surface area contributed by atoms with Gasteiger partial charge in [-0.15, -0.1) is 0 Å². The SMILES string of the molecule is COC(=O)NC1CCN(c2cc(C)c(F)cc2C(C)N)C1. The van der Waals surface area contributed by atoms with Gasteiger partial charge in [0.2, 0.25) is 0 Å². The van der Waals surface area contributed by atoms with E-state index < -0.39 is 6.09 Å². The van der Waals surface area contributed by atoms with Gasteiger partial charge in [0, 0.05) is 24.8 Å². The fourth-order valence-electron chi connectivity index (χ4n) is 2.64. The highest BCUT2D eigenvalue weighted by Gasteiger charge is 2.26. The third-order valence-corrected chi connectivity index (χ3v) is 3.83. The molecule has 1 heterocycles. The fourth-order valence-corrected chi connectivity index (χ4v) is 2.64. The summed E-state index contributed by atoms with van der Waals surface area (Å²) in [7, 11) is 1.35. The zero-order valence-electron chi connectivity index (χ0n) is 12.6. The molecule has 2 atom stereocenters. The van der Waals surface area contributed by atoms with E-state index in [1.54, 1.807) is 6.92 Å². The third-order valence-electron chi connectivity index (χ3n) is 3.83. The lowest BCUT2D eigenvalue weighted by Crippen LogP contribution is -2.37. The predicted molar refractivity (Wildman–Crippen MR) is 79.9 cm³/mol. The summed E-state index contributed by atoms with van der Waals surface area (Å²) in [5.74, 6) is -0.241. The number of nitrogens with two attached hydrogens (primary N) is 1. The summed E-state index contributed by atoms with van der Waals surface area (Å²) >= 11 is 0. The van der Waals surface area contributed by atoms with Crippen LogP contribution in [0.1, 0.15) is 30.5 Å². The molecule has 1 saturated heterocycles. The highest BCUT2D eigenvalue weighted by Crippen LogP contribution is 2.30. The van der Waals surface area contributed by atoms with Crippen molar-refractivity contribution in [2.75, 3.05) is 25.1 Å². The molecule has 5 nitrogen and oxygen atoms in total. The topological polar surface area (TPSA) is 67.6 Å². The van der Waals surface area contributed by atoms with Crippen LogP contribution in [0.5, 0.6) is 0 Å². The number of aryl methyl sites for hydroxylation is 1. The standard InChI is InChI=1S/C15H22FN3O2/c1-9-6-14(12(10(2)17)7-13(9)16)19-5-4-11(8-19)18-15(20)21-3/h6-7,10-11H,4-5,8,17H2,1-3H3,(H,18,20). The van der Waals surface area contributed by atoms with Crippen LogP contribution >= 0.6 is 0 Å². The lowest BCUT2D eigenvalue weighted by Gasteiger charge is -2.24. The molecule has 2 unspecified atom stereocenters. The Bertz CT molecular complexity index is 534. The summed E-state index contributed by atoms with van der Waals surface area (Å²) in [6.45, 7) is 5.04. The second-order valence-electron chi connectivity index (χ2n) is 5.52. The minimum Gasteiger partial charge on any atom is -0.453 e. The Labute approximate surface area is 124 Å². The molecule has 116 valence electrons. The van der Waals surface area contributed by atoms with E-state index >= 15 is 0 Å². The van der Waals surface area contributed by atoms with E-state index in [1.165, 1.54) is 13.2 Å². The van der Waals surface area contributed by atoms with E-state index in [4.69, 9.17) is 5.73 Å². The van der Waals surface area contributed by atoms with Crippen molar-refractivity contribution in [3.05, 3.63) is 29.1 Å². The smallest absolute Gasteiger partial charge is 0.407 e. The number of benzene rings is 1. The van der Waals surface area contributed by atoms with Crippen molar-refractivity contribution in [2.45, 2.75) is 32.4 Å². The summed E-state index contributed by atoms with van der Waals surface area (Å²) in [5, 5.41) is 2.79. The van der Waals surface area contributed by atoms with Gasteiger partial charge in [-0.05, 0) is 43.5 Å². The fraction of sp³-hybridized carbons (Fsp3) is 0.533. The van der Waals surface area contributed by atoms with E-state index in [1.807, 2.05) is 13.0 Å². The molecule has 1 aliphatic heterocycles. The van der Waals surface area contributed by atoms with Crippen LogP contribution in [0, 0.1) is 12.7 Å². The number of hydrogen-bond donors (Lipinski definition) is 2. The highest BCUT2D eigenvalue weighted by atomic mass is 19.1. The number of carbonyl (C=O) groups excluding carboxylic acids is 1. The Kier molecular flexibility index (Phi) is 4.67. The first-order valence-electron chi connectivity index (χ1n) is 7.07. The van der Waals surface area contributed by atoms with Gasteiger partial charge in [0.1, 0.15) is 5.82 Å². The summed E-state index contributed by atoms with van der Waals surface area (Å²) in [5.41, 5.74) is 8.28. The van der Waals surface area contributed by atoms with Crippen molar-refractivity contribution >= 4 is 11.8 Å². The molecule has 1 fully saturated rings. The normalized spacial score (nSPS) is 19.5. The molecule has 1 amide bonds. The molecule has 0 aliphatic carbocycles. The number of rotatable bonds is 3. The molecule has 6 heteroatoms. The number of methoxy groups -OCH3 is 1. The number of alkyl carbamates (subject to hydrolysis) is 1. The Morgan fingerprint density at radius 1 is 1.57 bits per heavy atom. The summed E-state index contributed by atoms with van der Waals surface area (Å²) in [6.07, 6.45) is 0.397. The molecule has 0 radical (unpaired) electrons. The molecule has 2 rings (SSSR count). The summed E-state index contributed by atoms with van der Waals surface area (Å²) in [6, 6.07) is 3.12. The summed E-state index contributed by atoms with van der Waals surface area (Å²) in [4.78, 5) is 13.4. The zero-order valence-corrected chi connectivity index (χ0v) is 12.6. The largest absolute Gasteiger partial charge is 0.453 e. The molecule has 1 aliphatic rings. The van der Waals surface area contributed by atoms with Crippen molar-refractivity contribution < 1.29 is 13.9 Å². The van der Waals surface area contributed by atoms with E-state index in [-0.39, 0.29) is 17.9 Å². The average molecular weight is 295 g/mol. The first-order valence-corrected chi connectivity index (χ1v) is 7.07. The van der Waals surface area contributed by atoms with Gasteiger partial charge in [0.25, 0.3) is 0 Å². The van der Waals surface area contributed by atoms with Crippen molar-refractivity contribution in [2.24, 2.45) is 5.73 Å². The van der Waals surface area contributed by atoms with Gasteiger partial charge in [-0.25, -0.2) is 9.18 Å². The van der Waals surface area contributed by atoms with Crippen molar-refractivity contribution in [3.63, 3.8) is 0 Å². The molecule has 1 aromatic rings. The van der Waals surface area contributed by atoms with Crippen molar-refractivity contribution in [1.82, 2.24) is 5.32 Å². The molecule has 3 N–H and O–H groups in total. The van der Waals surface area contributed by atoms with Crippen LogP contribution in [-0.4, -0.2) is 32.3 Å². The maximum Gasteiger partial charge on any atom is 0.407 e. The molecule has 0 saturated carbocycles. The van der Waals surface area contributed by atoms with Crippen LogP contribution in [0.25, 0.3) is 0 Å². The number of hydrogen-bond acceptors (Lipinski definition) is 4. The number of carbonyl (C=O) groups is 1. The minimum absolute atomic E-state index is 0.0312. The lowest BCUT2D eigenvalue weighted by atomic mass is 10.0. The highest BCUT2D eigenvalue weighted by molar-refractivity contribution is 5.68. The first-order chi connectivity index (χ1) is 9.92. The minimum atomic E-state index is -0.426. The van der Waals surface area contributed by atoms with Gasteiger partial charge in [0.15, 0.2) is 0 Å². The first kappa shape index (κ1) is 15.6. The van der Waals surface area contributed by atoms with Gasteiger partial charge in [-0.2, -0.15) is 0 Å². The molecule has 0 aromatic heterocycles. The molecular formula is C15H22FN3O2. The molecule has 0 spiro atoms. The Morgan fingerprint density at radius 3 is 2.90 bits per heavy atom. The van der Waals surface area contributed by atoms with Gasteiger partial charge in [-0.1, -0.05) is 0 Å². The van der Waals surface area contributed by atoms with Crippen molar-refractivity contribution in [3.8, 4) is 0 Å². The maximum absolute atomic E-state index is 13.8. The van der Waals surface area contributed by atoms with Crippen LogP contribution in [0.2, 0.25) is 0 Å². The number of nitrogens with zero attached hydrogens (tertiary/aromatic N) is 1. The van der Waals surface area contributed by atoms with Crippen LogP contribution in [-0.2, 0) is 4.74 Å². The average Bonchev–Trinajstić information content (AvgIpc) is 2.89. The van der Waals surface area contributed by atoms with Crippen LogP contribution < -0.4 is 16.0 Å². The molecular weight excluding hydrogens is 273 g/mol. The van der Waals surface area contributed by atoms with Crippen molar-refractivity contribution in [1.29, 1.82) is 0 Å². The number of amides is 1. The van der Waals surface area contributed by atoms with Crippen LogP contribution in [0.4, 0.5) is 14.9 Å². The van der Waals surface area contributed by atoms with Crippen LogP contribution in [0.15, 0.2) is 12.1 Å². The quantitative estimate of drug-likeness (QED) is 0.896. The third kappa shape index (κ3) is 3.44. The Hall–Kier alpha value is -1.82. The van der Waals surface area contributed by atoms with E-state index in [2.05, 4.69) is 15.0 Å². The van der Waals surface area contributed by atoms with Crippen LogP contribution in [0.3, 0.4) is 0 Å². The molecule has 21 heavy (non-hydrogen) atoms. The summed E-state index contributed by atoms with van der Waals surface area (Å²) < 4.78 is 18.4. The molecule has 0 bridgehead atoms. The van der Waals surface area contributed by atoms with Gasteiger partial charge >= 0.3 is 6.09 Å². The molecule has 1 aromatic carbocycles. The zero-order chi connectivity index (χ0) is 15.6. The van der Waals surface area contributed by atoms with Gasteiger partial charge in [0.05, 0.1) is 13.2 Å². The number of ether oxygens (including phenoxy) is 1.